The van der Waals surface area contributed by atoms with Crippen molar-refractivity contribution in [3.8, 4) is 0 Å². The number of rotatable bonds is 8. The molecule has 24 heavy (non-hydrogen) atoms. The Morgan fingerprint density at radius 3 is 2.38 bits per heavy atom. The van der Waals surface area contributed by atoms with Crippen molar-refractivity contribution < 1.29 is 19.8 Å². The summed E-state index contributed by atoms with van der Waals surface area (Å²) in [6.07, 6.45) is 9.40. The largest absolute Gasteiger partial charge is 0.480 e. The van der Waals surface area contributed by atoms with Gasteiger partial charge in [-0.1, -0.05) is 18.6 Å². The van der Waals surface area contributed by atoms with Crippen LogP contribution in [0.2, 0.25) is 0 Å². The van der Waals surface area contributed by atoms with Crippen LogP contribution in [-0.4, -0.2) is 77.8 Å². The molecule has 0 saturated carbocycles. The van der Waals surface area contributed by atoms with E-state index in [1.165, 1.54) is 0 Å². The third kappa shape index (κ3) is 9.64. The summed E-state index contributed by atoms with van der Waals surface area (Å²) in [4.78, 5) is 25.8. The standard InChI is InChI=1S/C17H31N3O4/c18-8-2-1-5-15-6-3-9-19(13-16(21)22)11-12-20(10-4-7-15)14-17(23)24/h3,6,15H,1-2,4-5,7-14,18H2,(H,21,22)(H,23,24)/b6-3+. The van der Waals surface area contributed by atoms with Crippen LogP contribution in [0.4, 0.5) is 0 Å². The first-order valence-corrected chi connectivity index (χ1v) is 8.76. The average Bonchev–Trinajstić information content (AvgIpc) is 2.53. The molecule has 7 heteroatoms. The highest BCUT2D eigenvalue weighted by Crippen LogP contribution is 2.17. The first-order chi connectivity index (χ1) is 11.5. The summed E-state index contributed by atoms with van der Waals surface area (Å²) in [6.45, 7) is 3.13. The number of aliphatic carboxylic acids is 2. The SMILES string of the molecule is NCCCCC1/C=C/CN(CC(=O)O)CCN(CC(=O)O)CCC1. The summed E-state index contributed by atoms with van der Waals surface area (Å²) in [5.74, 6) is -1.25. The van der Waals surface area contributed by atoms with Gasteiger partial charge in [0, 0.05) is 19.6 Å². The van der Waals surface area contributed by atoms with E-state index in [0.717, 1.165) is 38.6 Å². The molecule has 0 fully saturated rings. The zero-order valence-electron chi connectivity index (χ0n) is 14.4. The number of hydrogen-bond donors (Lipinski definition) is 3. The first-order valence-electron chi connectivity index (χ1n) is 8.76. The summed E-state index contributed by atoms with van der Waals surface area (Å²) in [5, 5.41) is 18.1. The topological polar surface area (TPSA) is 107 Å². The molecule has 1 heterocycles. The number of hydrogen-bond acceptors (Lipinski definition) is 5. The fourth-order valence-electron chi connectivity index (χ4n) is 3.04. The van der Waals surface area contributed by atoms with E-state index in [2.05, 4.69) is 12.2 Å². The summed E-state index contributed by atoms with van der Waals surface area (Å²) in [5.41, 5.74) is 5.55. The molecule has 0 spiro atoms. The molecule has 138 valence electrons. The Morgan fingerprint density at radius 2 is 1.71 bits per heavy atom. The van der Waals surface area contributed by atoms with Gasteiger partial charge in [0.15, 0.2) is 0 Å². The second kappa shape index (κ2) is 12.0. The molecule has 0 aromatic rings. The Labute approximate surface area is 144 Å². The quantitative estimate of drug-likeness (QED) is 0.444. The molecule has 0 radical (unpaired) electrons. The third-order valence-electron chi connectivity index (χ3n) is 4.30. The fraction of sp³-hybridized carbons (Fsp3) is 0.765. The first kappa shape index (κ1) is 20.6. The number of nitrogens with two attached hydrogens (primary N) is 1. The zero-order chi connectivity index (χ0) is 17.8. The minimum Gasteiger partial charge on any atom is -0.480 e. The van der Waals surface area contributed by atoms with Gasteiger partial charge in [-0.15, -0.1) is 0 Å². The van der Waals surface area contributed by atoms with Crippen LogP contribution in [0, 0.1) is 5.92 Å². The Hall–Kier alpha value is -1.44. The fourth-order valence-corrected chi connectivity index (χ4v) is 3.04. The van der Waals surface area contributed by atoms with Gasteiger partial charge in [0.2, 0.25) is 0 Å². The van der Waals surface area contributed by atoms with Crippen molar-refractivity contribution in [1.29, 1.82) is 0 Å². The molecule has 1 unspecified atom stereocenters. The average molecular weight is 341 g/mol. The van der Waals surface area contributed by atoms with Gasteiger partial charge in [-0.25, -0.2) is 0 Å². The van der Waals surface area contributed by atoms with E-state index in [0.29, 0.717) is 32.1 Å². The third-order valence-corrected chi connectivity index (χ3v) is 4.30. The van der Waals surface area contributed by atoms with Crippen LogP contribution in [0.3, 0.4) is 0 Å². The number of nitrogens with zero attached hydrogens (tertiary/aromatic N) is 2. The van der Waals surface area contributed by atoms with E-state index in [1.807, 2.05) is 9.80 Å². The van der Waals surface area contributed by atoms with Crippen molar-refractivity contribution in [3.05, 3.63) is 12.2 Å². The van der Waals surface area contributed by atoms with Crippen molar-refractivity contribution in [2.75, 3.05) is 45.8 Å². The van der Waals surface area contributed by atoms with E-state index in [4.69, 9.17) is 15.9 Å². The maximum absolute atomic E-state index is 11.0. The number of carbonyl (C=O) groups is 2. The van der Waals surface area contributed by atoms with Crippen molar-refractivity contribution >= 4 is 11.9 Å². The second-order valence-electron chi connectivity index (χ2n) is 6.41. The Kier molecular flexibility index (Phi) is 10.3. The molecule has 1 atom stereocenters. The second-order valence-corrected chi connectivity index (χ2v) is 6.41. The molecule has 0 saturated heterocycles. The van der Waals surface area contributed by atoms with Crippen molar-refractivity contribution in [2.24, 2.45) is 11.7 Å². The van der Waals surface area contributed by atoms with Crippen LogP contribution >= 0.6 is 0 Å². The van der Waals surface area contributed by atoms with E-state index >= 15 is 0 Å². The van der Waals surface area contributed by atoms with Crippen molar-refractivity contribution in [1.82, 2.24) is 9.80 Å². The minimum atomic E-state index is -0.859. The predicted octanol–water partition coefficient (Wildman–Crippen LogP) is 0.855. The lowest BCUT2D eigenvalue weighted by molar-refractivity contribution is -0.140. The zero-order valence-corrected chi connectivity index (χ0v) is 14.4. The van der Waals surface area contributed by atoms with E-state index < -0.39 is 11.9 Å². The van der Waals surface area contributed by atoms with Crippen LogP contribution in [-0.2, 0) is 9.59 Å². The lowest BCUT2D eigenvalue weighted by Gasteiger charge is -2.24. The molecule has 4 N–H and O–H groups in total. The predicted molar refractivity (Wildman–Crippen MR) is 92.9 cm³/mol. The Bertz CT molecular complexity index is 415. The molecule has 1 aliphatic rings. The van der Waals surface area contributed by atoms with Gasteiger partial charge in [-0.2, -0.15) is 0 Å². The highest BCUT2D eigenvalue weighted by molar-refractivity contribution is 5.69. The molecule has 0 amide bonds. The Morgan fingerprint density at radius 1 is 1.04 bits per heavy atom. The number of carboxylic acid groups (broad SMARTS) is 2. The van der Waals surface area contributed by atoms with Crippen LogP contribution < -0.4 is 5.73 Å². The molecule has 0 aliphatic carbocycles. The molecule has 0 aromatic carbocycles. The molecule has 0 bridgehead atoms. The van der Waals surface area contributed by atoms with Gasteiger partial charge in [0.1, 0.15) is 0 Å². The van der Waals surface area contributed by atoms with Crippen LogP contribution in [0.15, 0.2) is 12.2 Å². The van der Waals surface area contributed by atoms with Crippen molar-refractivity contribution in [3.63, 3.8) is 0 Å². The normalized spacial score (nSPS) is 22.6. The number of allylic oxidation sites excluding steroid dienone is 1. The summed E-state index contributed by atoms with van der Waals surface area (Å²) in [6, 6.07) is 0. The highest BCUT2D eigenvalue weighted by Gasteiger charge is 2.15. The van der Waals surface area contributed by atoms with Gasteiger partial charge >= 0.3 is 11.9 Å². The number of unbranched alkanes of at least 4 members (excludes halogenated alkanes) is 1. The maximum atomic E-state index is 11.0. The molecule has 0 aromatic heterocycles. The molecule has 1 aliphatic heterocycles. The molecule has 7 nitrogen and oxygen atoms in total. The van der Waals surface area contributed by atoms with Gasteiger partial charge in [0.25, 0.3) is 0 Å². The summed E-state index contributed by atoms with van der Waals surface area (Å²) >= 11 is 0. The highest BCUT2D eigenvalue weighted by atomic mass is 16.4. The smallest absolute Gasteiger partial charge is 0.317 e. The molecular weight excluding hydrogens is 310 g/mol. The van der Waals surface area contributed by atoms with Gasteiger partial charge in [-0.05, 0) is 44.7 Å². The van der Waals surface area contributed by atoms with E-state index in [-0.39, 0.29) is 13.1 Å². The van der Waals surface area contributed by atoms with Crippen molar-refractivity contribution in [2.45, 2.75) is 32.1 Å². The van der Waals surface area contributed by atoms with Crippen LogP contribution in [0.1, 0.15) is 32.1 Å². The Balaban J connectivity index is 2.68. The molecular formula is C17H31N3O4. The lowest BCUT2D eigenvalue weighted by Crippen LogP contribution is -2.40. The van der Waals surface area contributed by atoms with Crippen LogP contribution in [0.25, 0.3) is 0 Å². The number of carboxylic acids is 2. The summed E-state index contributed by atoms with van der Waals surface area (Å²) in [7, 11) is 0. The maximum Gasteiger partial charge on any atom is 0.317 e. The molecule has 1 rings (SSSR count). The summed E-state index contributed by atoms with van der Waals surface area (Å²) < 4.78 is 0. The van der Waals surface area contributed by atoms with Gasteiger partial charge in [-0.3, -0.25) is 19.4 Å². The van der Waals surface area contributed by atoms with Crippen LogP contribution in [0.5, 0.6) is 0 Å². The van der Waals surface area contributed by atoms with E-state index in [1.54, 1.807) is 0 Å². The minimum absolute atomic E-state index is 0.00613. The van der Waals surface area contributed by atoms with Gasteiger partial charge in [0.05, 0.1) is 13.1 Å². The monoisotopic (exact) mass is 341 g/mol. The van der Waals surface area contributed by atoms with Gasteiger partial charge < -0.3 is 15.9 Å². The lowest BCUT2D eigenvalue weighted by atomic mass is 9.96. The van der Waals surface area contributed by atoms with E-state index in [9.17, 15) is 9.59 Å².